The van der Waals surface area contributed by atoms with Crippen LogP contribution in [0.2, 0.25) is 0 Å². The minimum atomic E-state index is -0.675. The molecule has 0 aromatic heterocycles. The number of ether oxygens (including phenoxy) is 1. The number of nitro benzene ring substituents is 1. The Morgan fingerprint density at radius 3 is 2.62 bits per heavy atom. The Morgan fingerprint density at radius 1 is 1.38 bits per heavy atom. The average Bonchev–Trinajstić information content (AvgIpc) is 2.55. The third-order valence-electron chi connectivity index (χ3n) is 3.01. The van der Waals surface area contributed by atoms with Gasteiger partial charge >= 0.3 is 11.7 Å². The first-order valence-corrected chi connectivity index (χ1v) is 7.69. The number of aliphatic imine (C=N–C) groups is 1. The number of nitrogens with zero attached hydrogens (tertiary/aromatic N) is 2. The molecule has 24 heavy (non-hydrogen) atoms. The molecule has 0 spiro atoms. The molecule has 8 heteroatoms. The number of phenols is 1. The van der Waals surface area contributed by atoms with Crippen molar-refractivity contribution in [1.82, 2.24) is 0 Å². The van der Waals surface area contributed by atoms with E-state index in [1.54, 1.807) is 31.2 Å². The van der Waals surface area contributed by atoms with Crippen LogP contribution in [-0.2, 0) is 4.74 Å². The highest BCUT2D eigenvalue weighted by Crippen LogP contribution is 2.32. The van der Waals surface area contributed by atoms with Gasteiger partial charge in [0.05, 0.1) is 22.8 Å². The van der Waals surface area contributed by atoms with Gasteiger partial charge in [0, 0.05) is 22.3 Å². The minimum Gasteiger partial charge on any atom is -0.502 e. The molecule has 0 bridgehead atoms. The predicted octanol–water partition coefficient (Wildman–Crippen LogP) is 3.99. The number of benzene rings is 2. The van der Waals surface area contributed by atoms with Crippen molar-refractivity contribution in [3.8, 4) is 5.75 Å². The molecule has 0 saturated carbocycles. The van der Waals surface area contributed by atoms with Crippen molar-refractivity contribution >= 4 is 39.5 Å². The number of hydrogen-bond donors (Lipinski definition) is 1. The molecule has 0 radical (unpaired) electrons. The van der Waals surface area contributed by atoms with Gasteiger partial charge in [-0.2, -0.15) is 0 Å². The summed E-state index contributed by atoms with van der Waals surface area (Å²) in [5.74, 6) is -0.886. The lowest BCUT2D eigenvalue weighted by Crippen LogP contribution is -2.03. The number of carbonyl (C=O) groups is 1. The van der Waals surface area contributed by atoms with E-state index in [1.165, 1.54) is 18.3 Å². The Kier molecular flexibility index (Phi) is 5.64. The Balaban J connectivity index is 2.25. The number of hydrogen-bond acceptors (Lipinski definition) is 6. The van der Waals surface area contributed by atoms with E-state index in [2.05, 4.69) is 20.9 Å². The van der Waals surface area contributed by atoms with Crippen molar-refractivity contribution in [2.45, 2.75) is 6.92 Å². The minimum absolute atomic E-state index is 0.200. The normalized spacial score (nSPS) is 10.8. The molecule has 2 aromatic rings. The first kappa shape index (κ1) is 17.6. The molecule has 0 aliphatic heterocycles. The second-order valence-corrected chi connectivity index (χ2v) is 5.56. The fourth-order valence-electron chi connectivity index (χ4n) is 1.89. The SMILES string of the molecule is CCOC(=O)c1ccc(N=Cc2cc(Br)cc([N+](=O)[O-])c2O)cc1. The highest BCUT2D eigenvalue weighted by molar-refractivity contribution is 9.10. The molecule has 0 atom stereocenters. The lowest BCUT2D eigenvalue weighted by atomic mass is 10.2. The van der Waals surface area contributed by atoms with E-state index in [-0.39, 0.29) is 5.56 Å². The summed E-state index contributed by atoms with van der Waals surface area (Å²) >= 11 is 3.15. The highest BCUT2D eigenvalue weighted by Gasteiger charge is 2.17. The maximum atomic E-state index is 11.6. The van der Waals surface area contributed by atoms with E-state index in [4.69, 9.17) is 4.74 Å². The van der Waals surface area contributed by atoms with Gasteiger partial charge in [-0.3, -0.25) is 15.1 Å². The first-order chi connectivity index (χ1) is 11.4. The van der Waals surface area contributed by atoms with Crippen LogP contribution in [0.1, 0.15) is 22.8 Å². The maximum Gasteiger partial charge on any atom is 0.338 e. The second-order valence-electron chi connectivity index (χ2n) is 4.65. The van der Waals surface area contributed by atoms with Gasteiger partial charge in [-0.1, -0.05) is 15.9 Å². The Bertz CT molecular complexity index is 803. The maximum absolute atomic E-state index is 11.6. The van der Waals surface area contributed by atoms with Gasteiger partial charge < -0.3 is 9.84 Å². The first-order valence-electron chi connectivity index (χ1n) is 6.90. The fourth-order valence-corrected chi connectivity index (χ4v) is 2.35. The largest absolute Gasteiger partial charge is 0.502 e. The smallest absolute Gasteiger partial charge is 0.338 e. The molecule has 1 N–H and O–H groups in total. The zero-order valence-corrected chi connectivity index (χ0v) is 14.2. The second kappa shape index (κ2) is 7.69. The van der Waals surface area contributed by atoms with Crippen LogP contribution < -0.4 is 0 Å². The lowest BCUT2D eigenvalue weighted by molar-refractivity contribution is -0.385. The van der Waals surface area contributed by atoms with Crippen molar-refractivity contribution in [2.24, 2.45) is 4.99 Å². The predicted molar refractivity (Wildman–Crippen MR) is 92.1 cm³/mol. The van der Waals surface area contributed by atoms with Gasteiger partial charge in [0.25, 0.3) is 0 Å². The number of aromatic hydroxyl groups is 1. The summed E-state index contributed by atoms with van der Waals surface area (Å²) in [6, 6.07) is 9.06. The quantitative estimate of drug-likeness (QED) is 0.358. The highest BCUT2D eigenvalue weighted by atomic mass is 79.9. The van der Waals surface area contributed by atoms with Crippen LogP contribution in [0.3, 0.4) is 0 Å². The van der Waals surface area contributed by atoms with Crippen LogP contribution in [0.4, 0.5) is 11.4 Å². The standard InChI is InChI=1S/C16H13BrN2O5/c1-2-24-16(21)10-3-5-13(6-4-10)18-9-11-7-12(17)8-14(15(11)20)19(22)23/h3-9,20H,2H2,1H3. The molecular weight excluding hydrogens is 380 g/mol. The molecule has 7 nitrogen and oxygen atoms in total. The van der Waals surface area contributed by atoms with E-state index >= 15 is 0 Å². The molecule has 2 aromatic carbocycles. The zero-order chi connectivity index (χ0) is 17.7. The summed E-state index contributed by atoms with van der Waals surface area (Å²) in [5, 5.41) is 20.8. The monoisotopic (exact) mass is 392 g/mol. The van der Waals surface area contributed by atoms with Crippen LogP contribution in [-0.4, -0.2) is 28.8 Å². The van der Waals surface area contributed by atoms with Crippen molar-refractivity contribution in [3.05, 3.63) is 62.1 Å². The van der Waals surface area contributed by atoms with Crippen LogP contribution in [0.5, 0.6) is 5.75 Å². The Morgan fingerprint density at radius 2 is 2.04 bits per heavy atom. The van der Waals surface area contributed by atoms with Gasteiger partial charge in [0.2, 0.25) is 5.75 Å². The summed E-state index contributed by atoms with van der Waals surface area (Å²) in [7, 11) is 0. The third kappa shape index (κ3) is 4.17. The molecule has 0 saturated heterocycles. The molecule has 0 heterocycles. The lowest BCUT2D eigenvalue weighted by Gasteiger charge is -2.03. The number of nitro groups is 1. The molecule has 0 aliphatic rings. The number of carbonyl (C=O) groups excluding carboxylic acids is 1. The number of halogens is 1. The van der Waals surface area contributed by atoms with Gasteiger partial charge in [-0.05, 0) is 37.3 Å². The van der Waals surface area contributed by atoms with E-state index < -0.39 is 22.3 Å². The number of esters is 1. The van der Waals surface area contributed by atoms with E-state index in [9.17, 15) is 20.0 Å². The van der Waals surface area contributed by atoms with Gasteiger partial charge in [-0.25, -0.2) is 4.79 Å². The number of phenolic OH excluding ortho intramolecular Hbond substituents is 1. The van der Waals surface area contributed by atoms with Crippen molar-refractivity contribution in [1.29, 1.82) is 0 Å². The van der Waals surface area contributed by atoms with E-state index in [0.29, 0.717) is 22.3 Å². The molecule has 0 unspecified atom stereocenters. The summed E-state index contributed by atoms with van der Waals surface area (Å²) in [5.41, 5.74) is 0.704. The molecule has 0 fully saturated rings. The van der Waals surface area contributed by atoms with E-state index in [1.807, 2.05) is 0 Å². The van der Waals surface area contributed by atoms with Crippen molar-refractivity contribution in [2.75, 3.05) is 6.61 Å². The molecule has 2 rings (SSSR count). The molecule has 124 valence electrons. The summed E-state index contributed by atoms with van der Waals surface area (Å²) in [6.07, 6.45) is 1.31. The van der Waals surface area contributed by atoms with Gasteiger partial charge in [0.15, 0.2) is 0 Å². The van der Waals surface area contributed by atoms with Crippen LogP contribution in [0, 0.1) is 10.1 Å². The van der Waals surface area contributed by atoms with Crippen molar-refractivity contribution < 1.29 is 19.6 Å². The Hall–Kier alpha value is -2.74. The van der Waals surface area contributed by atoms with E-state index in [0.717, 1.165) is 0 Å². The summed E-state index contributed by atoms with van der Waals surface area (Å²) in [4.78, 5) is 25.9. The zero-order valence-electron chi connectivity index (χ0n) is 12.6. The molecule has 0 aliphatic carbocycles. The van der Waals surface area contributed by atoms with Gasteiger partial charge in [0.1, 0.15) is 0 Å². The average molecular weight is 393 g/mol. The third-order valence-corrected chi connectivity index (χ3v) is 3.47. The molecular formula is C16H13BrN2O5. The topological polar surface area (TPSA) is 102 Å². The van der Waals surface area contributed by atoms with Gasteiger partial charge in [-0.15, -0.1) is 0 Å². The van der Waals surface area contributed by atoms with Crippen LogP contribution in [0.25, 0.3) is 0 Å². The van der Waals surface area contributed by atoms with Crippen LogP contribution in [0.15, 0.2) is 45.9 Å². The summed E-state index contributed by atoms with van der Waals surface area (Å²) < 4.78 is 5.33. The Labute approximate surface area is 145 Å². The number of rotatable bonds is 5. The fraction of sp³-hybridized carbons (Fsp3) is 0.125. The molecule has 0 amide bonds. The summed E-state index contributed by atoms with van der Waals surface area (Å²) in [6.45, 7) is 2.01. The van der Waals surface area contributed by atoms with Crippen molar-refractivity contribution in [3.63, 3.8) is 0 Å². The van der Waals surface area contributed by atoms with Crippen LogP contribution >= 0.6 is 15.9 Å².